The van der Waals surface area contributed by atoms with E-state index in [0.29, 0.717) is 37.5 Å². The van der Waals surface area contributed by atoms with Crippen molar-refractivity contribution < 1.29 is 22.7 Å². The van der Waals surface area contributed by atoms with Crippen LogP contribution in [0.5, 0.6) is 0 Å². The Balaban J connectivity index is 1.68. The van der Waals surface area contributed by atoms with Crippen LogP contribution in [0.25, 0.3) is 0 Å². The highest BCUT2D eigenvalue weighted by Gasteiger charge is 2.26. The lowest BCUT2D eigenvalue weighted by atomic mass is 9.97. The third-order valence-corrected chi connectivity index (χ3v) is 6.78. The van der Waals surface area contributed by atoms with Gasteiger partial charge in [-0.15, -0.1) is 0 Å². The molecule has 2 rings (SSSR count). The summed E-state index contributed by atoms with van der Waals surface area (Å²) in [5.74, 6) is -0.0608. The molecule has 174 valence electrons. The van der Waals surface area contributed by atoms with Crippen molar-refractivity contribution in [1.82, 2.24) is 15.5 Å². The normalized spacial score (nSPS) is 17.7. The summed E-state index contributed by atoms with van der Waals surface area (Å²) in [6.45, 7) is 8.15. The number of likely N-dealkylation sites (tertiary alicyclic amines) is 1. The van der Waals surface area contributed by atoms with Crippen LogP contribution in [0.1, 0.15) is 40.0 Å². The van der Waals surface area contributed by atoms with Crippen molar-refractivity contribution in [1.29, 1.82) is 0 Å². The minimum Gasteiger partial charge on any atom is -0.444 e. The summed E-state index contributed by atoms with van der Waals surface area (Å²) in [5.41, 5.74) is -0.556. The van der Waals surface area contributed by atoms with Gasteiger partial charge >= 0.3 is 6.09 Å². The van der Waals surface area contributed by atoms with Crippen molar-refractivity contribution in [2.24, 2.45) is 5.92 Å². The fourth-order valence-corrected chi connectivity index (χ4v) is 4.82. The molecule has 9 heteroatoms. The number of nitrogens with one attached hydrogen (secondary N) is 2. The van der Waals surface area contributed by atoms with Gasteiger partial charge in [-0.05, 0) is 65.3 Å². The summed E-state index contributed by atoms with van der Waals surface area (Å²) < 4.78 is 29.9. The van der Waals surface area contributed by atoms with Crippen molar-refractivity contribution in [3.8, 4) is 0 Å². The maximum Gasteiger partial charge on any atom is 0.407 e. The van der Waals surface area contributed by atoms with E-state index in [4.69, 9.17) is 4.74 Å². The fraction of sp³-hybridized carbons (Fsp3) is 0.636. The molecule has 2 amide bonds. The Kier molecular flexibility index (Phi) is 9.31. The highest BCUT2D eigenvalue weighted by molar-refractivity contribution is 7.91. The van der Waals surface area contributed by atoms with Crippen LogP contribution in [0.4, 0.5) is 4.79 Å². The molecule has 0 radical (unpaired) electrons. The molecule has 0 spiro atoms. The van der Waals surface area contributed by atoms with E-state index in [0.717, 1.165) is 19.4 Å². The van der Waals surface area contributed by atoms with Crippen molar-refractivity contribution in [2.45, 2.75) is 50.5 Å². The zero-order valence-electron chi connectivity index (χ0n) is 18.7. The van der Waals surface area contributed by atoms with Crippen molar-refractivity contribution in [3.05, 3.63) is 30.3 Å². The zero-order valence-corrected chi connectivity index (χ0v) is 19.5. The van der Waals surface area contributed by atoms with Gasteiger partial charge in [0.1, 0.15) is 5.60 Å². The Bertz CT molecular complexity index is 821. The van der Waals surface area contributed by atoms with E-state index in [1.54, 1.807) is 51.1 Å². The lowest BCUT2D eigenvalue weighted by Gasteiger charge is -2.32. The van der Waals surface area contributed by atoms with Gasteiger partial charge in [0.05, 0.1) is 16.6 Å². The molecular weight excluding hydrogens is 418 g/mol. The van der Waals surface area contributed by atoms with E-state index in [9.17, 15) is 18.0 Å². The summed E-state index contributed by atoms with van der Waals surface area (Å²) >= 11 is 0. The Labute approximate surface area is 185 Å². The predicted molar refractivity (Wildman–Crippen MR) is 120 cm³/mol. The molecule has 0 aromatic heterocycles. The number of carbonyl (C=O) groups is 2. The Hall–Kier alpha value is -2.13. The molecular formula is C22H35N3O5S. The van der Waals surface area contributed by atoms with Gasteiger partial charge in [-0.3, -0.25) is 4.79 Å². The maximum absolute atomic E-state index is 12.5. The van der Waals surface area contributed by atoms with Crippen molar-refractivity contribution >= 4 is 21.8 Å². The number of carbonyl (C=O) groups excluding carboxylic acids is 2. The van der Waals surface area contributed by atoms with Crippen LogP contribution >= 0.6 is 0 Å². The summed E-state index contributed by atoms with van der Waals surface area (Å²) in [6, 6.07) is 8.49. The number of amides is 2. The van der Waals surface area contributed by atoms with Gasteiger partial charge in [0, 0.05) is 19.6 Å². The first-order chi connectivity index (χ1) is 14.6. The molecule has 1 unspecified atom stereocenters. The minimum atomic E-state index is -3.28. The molecule has 0 saturated carbocycles. The van der Waals surface area contributed by atoms with Gasteiger partial charge in [-0.25, -0.2) is 13.2 Å². The lowest BCUT2D eigenvalue weighted by Crippen LogP contribution is -2.45. The summed E-state index contributed by atoms with van der Waals surface area (Å²) in [4.78, 5) is 26.6. The average molecular weight is 454 g/mol. The van der Waals surface area contributed by atoms with Crippen LogP contribution in [0, 0.1) is 5.92 Å². The second-order valence-electron chi connectivity index (χ2n) is 8.84. The maximum atomic E-state index is 12.5. The third-order valence-electron chi connectivity index (χ3n) is 4.96. The summed E-state index contributed by atoms with van der Waals surface area (Å²) in [5, 5.41) is 5.48. The third kappa shape index (κ3) is 9.26. The second kappa shape index (κ2) is 11.5. The number of rotatable bonds is 9. The lowest BCUT2D eigenvalue weighted by molar-refractivity contribution is -0.126. The molecule has 0 bridgehead atoms. The molecule has 31 heavy (non-hydrogen) atoms. The molecule has 0 aliphatic carbocycles. The standard InChI is InChI=1S/C22H35N3O5S/c1-22(2,3)30-21(27)24-13-12-23-20(26)18-9-7-14-25(17-18)15-8-16-31(28,29)19-10-5-4-6-11-19/h4-6,10-11,18H,7-9,12-17H2,1-3H3,(H,23,26)(H,24,27). The molecule has 1 atom stereocenters. The van der Waals surface area contributed by atoms with E-state index >= 15 is 0 Å². The van der Waals surface area contributed by atoms with Crippen LogP contribution < -0.4 is 10.6 Å². The zero-order chi connectivity index (χ0) is 22.9. The van der Waals surface area contributed by atoms with Gasteiger partial charge in [0.25, 0.3) is 0 Å². The molecule has 1 saturated heterocycles. The number of sulfone groups is 1. The highest BCUT2D eigenvalue weighted by atomic mass is 32.2. The van der Waals surface area contributed by atoms with Gasteiger partial charge in [-0.2, -0.15) is 0 Å². The minimum absolute atomic E-state index is 0.0346. The number of alkyl carbamates (subject to hydrolysis) is 1. The first-order valence-corrected chi connectivity index (χ1v) is 12.5. The molecule has 1 aliphatic rings. The van der Waals surface area contributed by atoms with Gasteiger partial charge < -0.3 is 20.3 Å². The first-order valence-electron chi connectivity index (χ1n) is 10.8. The van der Waals surface area contributed by atoms with E-state index in [-0.39, 0.29) is 17.6 Å². The SMILES string of the molecule is CC(C)(C)OC(=O)NCCNC(=O)C1CCCN(CCCS(=O)(=O)c2ccccc2)C1. The largest absolute Gasteiger partial charge is 0.444 e. The van der Waals surface area contributed by atoms with Crippen LogP contribution in [0.15, 0.2) is 35.2 Å². The number of ether oxygens (including phenoxy) is 1. The molecule has 1 aliphatic heterocycles. The number of hydrogen-bond donors (Lipinski definition) is 2. The fourth-order valence-electron chi connectivity index (χ4n) is 3.51. The van der Waals surface area contributed by atoms with Gasteiger partial charge in [-0.1, -0.05) is 18.2 Å². The summed E-state index contributed by atoms with van der Waals surface area (Å²) in [7, 11) is -3.28. The molecule has 2 N–H and O–H groups in total. The van der Waals surface area contributed by atoms with Gasteiger partial charge in [0.2, 0.25) is 5.91 Å². The Morgan fingerprint density at radius 1 is 1.13 bits per heavy atom. The quantitative estimate of drug-likeness (QED) is 0.556. The highest BCUT2D eigenvalue weighted by Crippen LogP contribution is 2.18. The molecule has 1 fully saturated rings. The number of benzene rings is 1. The van der Waals surface area contributed by atoms with Crippen molar-refractivity contribution in [3.63, 3.8) is 0 Å². The second-order valence-corrected chi connectivity index (χ2v) is 11.0. The van der Waals surface area contributed by atoms with E-state index in [1.165, 1.54) is 0 Å². The van der Waals surface area contributed by atoms with Crippen LogP contribution in [0.2, 0.25) is 0 Å². The monoisotopic (exact) mass is 453 g/mol. The smallest absolute Gasteiger partial charge is 0.407 e. The number of piperidine rings is 1. The predicted octanol–water partition coefficient (Wildman–Crippen LogP) is 2.20. The van der Waals surface area contributed by atoms with E-state index in [1.807, 2.05) is 0 Å². The van der Waals surface area contributed by atoms with E-state index < -0.39 is 21.5 Å². The topological polar surface area (TPSA) is 105 Å². The summed E-state index contributed by atoms with van der Waals surface area (Å²) in [6.07, 6.45) is 1.74. The molecule has 1 aromatic carbocycles. The van der Waals surface area contributed by atoms with E-state index in [2.05, 4.69) is 15.5 Å². The molecule has 8 nitrogen and oxygen atoms in total. The number of nitrogens with zero attached hydrogens (tertiary/aromatic N) is 1. The average Bonchev–Trinajstić information content (AvgIpc) is 2.70. The first kappa shape index (κ1) is 25.1. The van der Waals surface area contributed by atoms with Crippen LogP contribution in [-0.2, 0) is 19.4 Å². The van der Waals surface area contributed by atoms with Gasteiger partial charge in [0.15, 0.2) is 9.84 Å². The Morgan fingerprint density at radius 3 is 2.48 bits per heavy atom. The molecule has 1 heterocycles. The Morgan fingerprint density at radius 2 is 1.81 bits per heavy atom. The number of hydrogen-bond acceptors (Lipinski definition) is 6. The molecule has 1 aromatic rings. The van der Waals surface area contributed by atoms with Crippen LogP contribution in [-0.4, -0.2) is 69.4 Å². The van der Waals surface area contributed by atoms with Crippen LogP contribution in [0.3, 0.4) is 0 Å². The van der Waals surface area contributed by atoms with Crippen molar-refractivity contribution in [2.75, 3.05) is 38.5 Å².